The Morgan fingerprint density at radius 3 is 2.11 bits per heavy atom. The molecule has 0 aliphatic heterocycles. The highest BCUT2D eigenvalue weighted by Crippen LogP contribution is 2.30. The molecule has 0 radical (unpaired) electrons. The highest BCUT2D eigenvalue weighted by Gasteiger charge is 2.20. The minimum Gasteiger partial charge on any atom is -0.496 e. The first-order valence-corrected chi connectivity index (χ1v) is 11.4. The van der Waals surface area contributed by atoms with Crippen LogP contribution in [0.5, 0.6) is 11.5 Å². The maximum Gasteiger partial charge on any atom is 0.307 e. The Balaban J connectivity index is 1.83. The smallest absolute Gasteiger partial charge is 0.307 e. The number of amides is 1. The van der Waals surface area contributed by atoms with E-state index >= 15 is 0 Å². The predicted octanol–water partition coefficient (Wildman–Crippen LogP) is 5.05. The van der Waals surface area contributed by atoms with Crippen molar-refractivity contribution in [3.8, 4) is 11.5 Å². The van der Waals surface area contributed by atoms with Gasteiger partial charge in [-0.15, -0.1) is 0 Å². The van der Waals surface area contributed by atoms with E-state index in [1.54, 1.807) is 49.5 Å². The van der Waals surface area contributed by atoms with Crippen molar-refractivity contribution >= 4 is 11.9 Å². The van der Waals surface area contributed by atoms with Crippen LogP contribution in [-0.2, 0) is 24.2 Å². The molecule has 0 aliphatic carbocycles. The number of aliphatic carboxylic acids is 1. The average molecular weight is 480 g/mol. The fourth-order valence-electron chi connectivity index (χ4n) is 3.97. The Kier molecular flexibility index (Phi) is 8.84. The van der Waals surface area contributed by atoms with Crippen LogP contribution in [0.25, 0.3) is 0 Å². The molecule has 3 rings (SSSR count). The lowest BCUT2D eigenvalue weighted by molar-refractivity contribution is -0.136. The van der Waals surface area contributed by atoms with Gasteiger partial charge in [0.05, 0.1) is 20.6 Å². The number of nitrogens with zero attached hydrogens (tertiary/aromatic N) is 1. The number of carboxylic acids is 1. The summed E-state index contributed by atoms with van der Waals surface area (Å²) in [4.78, 5) is 26.3. The molecule has 1 amide bonds. The molecule has 35 heavy (non-hydrogen) atoms. The van der Waals surface area contributed by atoms with Crippen LogP contribution in [0.3, 0.4) is 0 Å². The molecule has 0 atom stereocenters. The van der Waals surface area contributed by atoms with Crippen LogP contribution >= 0.6 is 0 Å². The summed E-state index contributed by atoms with van der Waals surface area (Å²) in [5.74, 6) is -0.240. The van der Waals surface area contributed by atoms with E-state index in [0.717, 1.165) is 16.7 Å². The first kappa shape index (κ1) is 25.7. The number of rotatable bonds is 11. The van der Waals surface area contributed by atoms with Crippen molar-refractivity contribution in [3.63, 3.8) is 0 Å². The molecule has 0 aromatic heterocycles. The molecular weight excluding hydrogens is 449 g/mol. The number of ether oxygens (including phenoxy) is 2. The molecule has 0 heterocycles. The normalized spacial score (nSPS) is 10.6. The Hall–Kier alpha value is -3.87. The number of hydrogen-bond acceptors (Lipinski definition) is 4. The summed E-state index contributed by atoms with van der Waals surface area (Å²) in [5, 5.41) is 9.00. The lowest BCUT2D eigenvalue weighted by atomic mass is 10.1. The first-order valence-electron chi connectivity index (χ1n) is 11.4. The second kappa shape index (κ2) is 12.0. The van der Waals surface area contributed by atoms with Crippen LogP contribution in [0.1, 0.15) is 39.0 Å². The Labute approximate surface area is 204 Å². The molecule has 6 nitrogen and oxygen atoms in total. The van der Waals surface area contributed by atoms with Gasteiger partial charge in [0, 0.05) is 24.2 Å². The van der Waals surface area contributed by atoms with Crippen LogP contribution in [0, 0.1) is 12.7 Å². The molecule has 0 aliphatic rings. The Bertz CT molecular complexity index is 1150. The molecule has 0 unspecified atom stereocenters. The third-order valence-corrected chi connectivity index (χ3v) is 5.82. The van der Waals surface area contributed by atoms with Crippen molar-refractivity contribution in [2.75, 3.05) is 20.8 Å². The summed E-state index contributed by atoms with van der Waals surface area (Å²) in [6.07, 6.45) is 1.21. The van der Waals surface area contributed by atoms with Crippen LogP contribution in [0.15, 0.2) is 60.7 Å². The van der Waals surface area contributed by atoms with Gasteiger partial charge in [0.2, 0.25) is 0 Å². The molecule has 3 aromatic carbocycles. The van der Waals surface area contributed by atoms with Crippen molar-refractivity contribution in [1.82, 2.24) is 4.90 Å². The second-order valence-corrected chi connectivity index (χ2v) is 8.35. The van der Waals surface area contributed by atoms with Gasteiger partial charge in [0.1, 0.15) is 17.3 Å². The van der Waals surface area contributed by atoms with E-state index in [2.05, 4.69) is 0 Å². The lowest BCUT2D eigenvalue weighted by Gasteiger charge is -2.24. The van der Waals surface area contributed by atoms with Gasteiger partial charge in [-0.25, -0.2) is 4.39 Å². The van der Waals surface area contributed by atoms with E-state index in [0.29, 0.717) is 48.6 Å². The molecule has 0 saturated carbocycles. The van der Waals surface area contributed by atoms with E-state index in [9.17, 15) is 14.0 Å². The summed E-state index contributed by atoms with van der Waals surface area (Å²) in [6, 6.07) is 17.1. The SMILES string of the molecule is COc1cc(C(=O)N(CCCc2cccc(F)c2)Cc2ccc(CC(=O)O)cc2)cc(OC)c1C. The molecule has 0 fully saturated rings. The Morgan fingerprint density at radius 2 is 1.54 bits per heavy atom. The van der Waals surface area contributed by atoms with Crippen LogP contribution in [0.2, 0.25) is 0 Å². The average Bonchev–Trinajstić information content (AvgIpc) is 2.84. The number of carbonyl (C=O) groups excluding carboxylic acids is 1. The lowest BCUT2D eigenvalue weighted by Crippen LogP contribution is -2.32. The zero-order valence-electron chi connectivity index (χ0n) is 20.2. The number of methoxy groups -OCH3 is 2. The third-order valence-electron chi connectivity index (χ3n) is 5.82. The summed E-state index contributed by atoms with van der Waals surface area (Å²) >= 11 is 0. The predicted molar refractivity (Wildman–Crippen MR) is 132 cm³/mol. The summed E-state index contributed by atoms with van der Waals surface area (Å²) in [7, 11) is 3.09. The van der Waals surface area contributed by atoms with Crippen molar-refractivity contribution in [3.05, 3.63) is 94.3 Å². The van der Waals surface area contributed by atoms with Gasteiger partial charge in [-0.3, -0.25) is 9.59 Å². The number of carbonyl (C=O) groups is 2. The maximum absolute atomic E-state index is 13.6. The van der Waals surface area contributed by atoms with Crippen molar-refractivity contribution in [1.29, 1.82) is 0 Å². The summed E-state index contributed by atoms with van der Waals surface area (Å²) in [5.41, 5.74) is 3.69. The van der Waals surface area contributed by atoms with Gasteiger partial charge >= 0.3 is 5.97 Å². The number of aryl methyl sites for hydroxylation is 1. The fraction of sp³-hybridized carbons (Fsp3) is 0.286. The van der Waals surface area contributed by atoms with Gasteiger partial charge in [-0.05, 0) is 60.7 Å². The minimum atomic E-state index is -0.894. The Morgan fingerprint density at radius 1 is 0.914 bits per heavy atom. The molecule has 0 bridgehead atoms. The maximum atomic E-state index is 13.6. The van der Waals surface area contributed by atoms with Crippen molar-refractivity contribution in [2.24, 2.45) is 0 Å². The van der Waals surface area contributed by atoms with E-state index < -0.39 is 5.97 Å². The third kappa shape index (κ3) is 7.06. The summed E-state index contributed by atoms with van der Waals surface area (Å²) < 4.78 is 24.4. The van der Waals surface area contributed by atoms with Gasteiger partial charge in [-0.1, -0.05) is 36.4 Å². The van der Waals surface area contributed by atoms with Gasteiger partial charge in [-0.2, -0.15) is 0 Å². The molecule has 0 spiro atoms. The first-order chi connectivity index (χ1) is 16.8. The highest BCUT2D eigenvalue weighted by atomic mass is 19.1. The quantitative estimate of drug-likeness (QED) is 0.416. The van der Waals surface area contributed by atoms with Crippen LogP contribution < -0.4 is 9.47 Å². The van der Waals surface area contributed by atoms with E-state index in [1.807, 2.05) is 25.1 Å². The number of hydrogen-bond donors (Lipinski definition) is 1. The standard InChI is InChI=1S/C28H30FNO5/c1-19-25(34-2)16-23(17-26(19)35-3)28(33)30(13-5-7-20-6-4-8-24(29)14-20)18-22-11-9-21(10-12-22)15-27(31)32/h4,6,8-12,14,16-17H,5,7,13,15,18H2,1-3H3,(H,31,32). The molecule has 0 saturated heterocycles. The summed E-state index contributed by atoms with van der Waals surface area (Å²) in [6.45, 7) is 2.65. The van der Waals surface area contributed by atoms with Crippen molar-refractivity contribution in [2.45, 2.75) is 32.7 Å². The van der Waals surface area contributed by atoms with Crippen LogP contribution in [0.4, 0.5) is 4.39 Å². The second-order valence-electron chi connectivity index (χ2n) is 8.35. The molecule has 7 heteroatoms. The number of benzene rings is 3. The van der Waals surface area contributed by atoms with Gasteiger partial charge in [0.15, 0.2) is 0 Å². The van der Waals surface area contributed by atoms with E-state index in [-0.39, 0.29) is 18.1 Å². The van der Waals surface area contributed by atoms with E-state index in [4.69, 9.17) is 14.6 Å². The molecule has 3 aromatic rings. The van der Waals surface area contributed by atoms with Crippen LogP contribution in [-0.4, -0.2) is 42.6 Å². The number of halogens is 1. The van der Waals surface area contributed by atoms with Gasteiger partial charge in [0.25, 0.3) is 5.91 Å². The molecule has 1 N–H and O–H groups in total. The zero-order chi connectivity index (χ0) is 25.4. The number of carboxylic acid groups (broad SMARTS) is 1. The minimum absolute atomic E-state index is 0.0560. The van der Waals surface area contributed by atoms with E-state index in [1.165, 1.54) is 12.1 Å². The zero-order valence-corrected chi connectivity index (χ0v) is 20.2. The van der Waals surface area contributed by atoms with Crippen molar-refractivity contribution < 1.29 is 28.6 Å². The fourth-order valence-corrected chi connectivity index (χ4v) is 3.97. The topological polar surface area (TPSA) is 76.1 Å². The monoisotopic (exact) mass is 479 g/mol. The van der Waals surface area contributed by atoms with Gasteiger partial charge < -0.3 is 19.5 Å². The largest absolute Gasteiger partial charge is 0.496 e. The molecular formula is C28H30FNO5. The highest BCUT2D eigenvalue weighted by molar-refractivity contribution is 5.95. The molecule has 184 valence electrons.